The number of amides is 4. The maximum Gasteiger partial charge on any atom is 0.325 e. The van der Waals surface area contributed by atoms with Crippen LogP contribution in [0.5, 0.6) is 0 Å². The first-order chi connectivity index (χ1) is 12.0. The van der Waals surface area contributed by atoms with Gasteiger partial charge < -0.3 is 15.0 Å². The number of hydrogen-bond acceptors (Lipinski definition) is 4. The third kappa shape index (κ3) is 4.33. The molecule has 2 heterocycles. The van der Waals surface area contributed by atoms with E-state index < -0.39 is 11.9 Å². The molecule has 1 aromatic rings. The zero-order chi connectivity index (χ0) is 17.8. The van der Waals surface area contributed by atoms with E-state index in [1.165, 1.54) is 12.1 Å². The fourth-order valence-corrected chi connectivity index (χ4v) is 2.95. The molecule has 0 aromatic heterocycles. The summed E-state index contributed by atoms with van der Waals surface area (Å²) in [6.45, 7) is 0.910. The van der Waals surface area contributed by atoms with Gasteiger partial charge in [0.05, 0.1) is 12.6 Å². The van der Waals surface area contributed by atoms with Gasteiger partial charge in [-0.25, -0.2) is 9.18 Å². The standard InChI is InChI=1S/C17H20FN3O4/c18-13-5-3-12(4-6-13)9-20(10-14-2-1-7-25-14)16(23)11-21-15(22)8-19-17(21)24/h3-6,14H,1-2,7-11H2,(H,19,24)/t14-/m1/s1. The number of nitrogens with zero attached hydrogens (tertiary/aromatic N) is 2. The highest BCUT2D eigenvalue weighted by atomic mass is 19.1. The molecule has 0 saturated carbocycles. The first-order valence-corrected chi connectivity index (χ1v) is 8.25. The van der Waals surface area contributed by atoms with Crippen molar-refractivity contribution in [2.75, 3.05) is 26.2 Å². The molecule has 0 spiro atoms. The van der Waals surface area contributed by atoms with Gasteiger partial charge in [-0.3, -0.25) is 14.5 Å². The number of benzene rings is 1. The zero-order valence-corrected chi connectivity index (χ0v) is 13.7. The van der Waals surface area contributed by atoms with Crippen LogP contribution in [0.2, 0.25) is 0 Å². The smallest absolute Gasteiger partial charge is 0.325 e. The van der Waals surface area contributed by atoms with Crippen molar-refractivity contribution in [1.82, 2.24) is 15.1 Å². The van der Waals surface area contributed by atoms with Gasteiger partial charge in [-0.1, -0.05) is 12.1 Å². The number of hydrogen-bond donors (Lipinski definition) is 1. The molecule has 2 aliphatic heterocycles. The van der Waals surface area contributed by atoms with Gasteiger partial charge in [0.15, 0.2) is 0 Å². The molecule has 25 heavy (non-hydrogen) atoms. The van der Waals surface area contributed by atoms with Crippen LogP contribution in [0.3, 0.4) is 0 Å². The molecule has 7 nitrogen and oxygen atoms in total. The fourth-order valence-electron chi connectivity index (χ4n) is 2.95. The van der Waals surface area contributed by atoms with Crippen molar-refractivity contribution in [3.63, 3.8) is 0 Å². The Bertz CT molecular complexity index is 642. The summed E-state index contributed by atoms with van der Waals surface area (Å²) in [6.07, 6.45) is 1.74. The molecule has 2 saturated heterocycles. The van der Waals surface area contributed by atoms with Crippen LogP contribution in [0.1, 0.15) is 18.4 Å². The van der Waals surface area contributed by atoms with E-state index in [9.17, 15) is 18.8 Å². The molecule has 8 heteroatoms. The second-order valence-corrected chi connectivity index (χ2v) is 6.17. The maximum atomic E-state index is 13.1. The molecule has 1 atom stereocenters. The third-order valence-electron chi connectivity index (χ3n) is 4.32. The van der Waals surface area contributed by atoms with E-state index >= 15 is 0 Å². The summed E-state index contributed by atoms with van der Waals surface area (Å²) in [5.41, 5.74) is 0.768. The Hall–Kier alpha value is -2.48. The maximum absolute atomic E-state index is 13.1. The van der Waals surface area contributed by atoms with Crippen molar-refractivity contribution in [3.8, 4) is 0 Å². The van der Waals surface area contributed by atoms with Gasteiger partial charge in [-0.2, -0.15) is 0 Å². The second-order valence-electron chi connectivity index (χ2n) is 6.17. The lowest BCUT2D eigenvalue weighted by molar-refractivity contribution is -0.138. The topological polar surface area (TPSA) is 79.0 Å². The summed E-state index contributed by atoms with van der Waals surface area (Å²) in [7, 11) is 0. The zero-order valence-electron chi connectivity index (χ0n) is 13.7. The Balaban J connectivity index is 1.69. The Morgan fingerprint density at radius 3 is 2.68 bits per heavy atom. The Morgan fingerprint density at radius 1 is 1.32 bits per heavy atom. The predicted octanol–water partition coefficient (Wildman–Crippen LogP) is 0.885. The minimum atomic E-state index is -0.558. The van der Waals surface area contributed by atoms with Crippen LogP contribution in [-0.2, 0) is 20.9 Å². The van der Waals surface area contributed by atoms with Crippen LogP contribution in [0.4, 0.5) is 9.18 Å². The van der Waals surface area contributed by atoms with Gasteiger partial charge in [0.2, 0.25) is 5.91 Å². The number of nitrogens with one attached hydrogen (secondary N) is 1. The van der Waals surface area contributed by atoms with Crippen molar-refractivity contribution < 1.29 is 23.5 Å². The van der Waals surface area contributed by atoms with Crippen LogP contribution in [-0.4, -0.2) is 60.0 Å². The molecule has 134 valence electrons. The summed E-state index contributed by atoms with van der Waals surface area (Å²) < 4.78 is 18.7. The highest BCUT2D eigenvalue weighted by Crippen LogP contribution is 2.16. The quantitative estimate of drug-likeness (QED) is 0.774. The molecular formula is C17H20FN3O4. The SMILES string of the molecule is O=C(CN1C(=O)CNC1=O)N(Cc1ccc(F)cc1)C[C@H]1CCCO1. The summed E-state index contributed by atoms with van der Waals surface area (Å²) >= 11 is 0. The fraction of sp³-hybridized carbons (Fsp3) is 0.471. The summed E-state index contributed by atoms with van der Waals surface area (Å²) in [6, 6.07) is 5.33. The molecule has 0 bridgehead atoms. The summed E-state index contributed by atoms with van der Waals surface area (Å²) in [5.74, 6) is -1.11. The first kappa shape index (κ1) is 17.3. The monoisotopic (exact) mass is 349 g/mol. The number of rotatable bonds is 6. The van der Waals surface area contributed by atoms with Gasteiger partial charge >= 0.3 is 6.03 Å². The van der Waals surface area contributed by atoms with Gasteiger partial charge in [-0.05, 0) is 30.5 Å². The van der Waals surface area contributed by atoms with Crippen molar-refractivity contribution in [2.45, 2.75) is 25.5 Å². The van der Waals surface area contributed by atoms with Gasteiger partial charge in [0.25, 0.3) is 5.91 Å². The van der Waals surface area contributed by atoms with Gasteiger partial charge in [0.1, 0.15) is 12.4 Å². The lowest BCUT2D eigenvalue weighted by Crippen LogP contribution is -2.45. The minimum Gasteiger partial charge on any atom is -0.376 e. The number of imide groups is 1. The number of halogens is 1. The van der Waals surface area contributed by atoms with Crippen molar-refractivity contribution >= 4 is 17.8 Å². The highest BCUT2D eigenvalue weighted by Gasteiger charge is 2.32. The van der Waals surface area contributed by atoms with E-state index in [0.717, 1.165) is 23.3 Å². The molecule has 0 radical (unpaired) electrons. The van der Waals surface area contributed by atoms with Crippen LogP contribution in [0.15, 0.2) is 24.3 Å². The average Bonchev–Trinajstić information content (AvgIpc) is 3.21. The number of ether oxygens (including phenoxy) is 1. The van der Waals surface area contributed by atoms with Gasteiger partial charge in [0, 0.05) is 19.7 Å². The van der Waals surface area contributed by atoms with Crippen molar-refractivity contribution in [1.29, 1.82) is 0 Å². The number of carbonyl (C=O) groups excluding carboxylic acids is 3. The molecule has 1 aromatic carbocycles. The molecular weight excluding hydrogens is 329 g/mol. The molecule has 0 unspecified atom stereocenters. The largest absolute Gasteiger partial charge is 0.376 e. The van der Waals surface area contributed by atoms with E-state index in [4.69, 9.17) is 4.74 Å². The van der Waals surface area contributed by atoms with E-state index in [2.05, 4.69) is 5.32 Å². The van der Waals surface area contributed by atoms with Crippen molar-refractivity contribution in [3.05, 3.63) is 35.6 Å². The number of urea groups is 1. The van der Waals surface area contributed by atoms with Crippen molar-refractivity contribution in [2.24, 2.45) is 0 Å². The highest BCUT2D eigenvalue weighted by molar-refractivity contribution is 6.04. The van der Waals surface area contributed by atoms with Crippen LogP contribution in [0, 0.1) is 5.82 Å². The summed E-state index contributed by atoms with van der Waals surface area (Å²) in [5, 5.41) is 2.39. The second kappa shape index (κ2) is 7.60. The van der Waals surface area contributed by atoms with Crippen LogP contribution in [0.25, 0.3) is 0 Å². The molecule has 2 fully saturated rings. The number of carbonyl (C=O) groups is 3. The predicted molar refractivity (Wildman–Crippen MR) is 85.9 cm³/mol. The molecule has 2 aliphatic rings. The average molecular weight is 349 g/mol. The lowest BCUT2D eigenvalue weighted by atomic mass is 10.1. The minimum absolute atomic E-state index is 0.0625. The molecule has 3 rings (SSSR count). The third-order valence-corrected chi connectivity index (χ3v) is 4.32. The van der Waals surface area contributed by atoms with Crippen LogP contribution < -0.4 is 5.32 Å². The summed E-state index contributed by atoms with van der Waals surface area (Å²) in [4.78, 5) is 38.5. The Morgan fingerprint density at radius 2 is 2.08 bits per heavy atom. The first-order valence-electron chi connectivity index (χ1n) is 8.25. The van der Waals surface area contributed by atoms with Crippen LogP contribution >= 0.6 is 0 Å². The molecule has 1 N–H and O–H groups in total. The normalized spacial score (nSPS) is 20.0. The van der Waals surface area contributed by atoms with E-state index in [1.54, 1.807) is 17.0 Å². The van der Waals surface area contributed by atoms with Gasteiger partial charge in [-0.15, -0.1) is 0 Å². The Labute approximate surface area is 144 Å². The Kier molecular flexibility index (Phi) is 5.28. The molecule has 0 aliphatic carbocycles. The van der Waals surface area contributed by atoms with E-state index in [-0.39, 0.29) is 37.5 Å². The molecule has 4 amide bonds. The van der Waals surface area contributed by atoms with E-state index in [0.29, 0.717) is 13.2 Å². The lowest BCUT2D eigenvalue weighted by Gasteiger charge is -2.27. The van der Waals surface area contributed by atoms with E-state index in [1.807, 2.05) is 0 Å².